The number of hydrogen-bond acceptors (Lipinski definition) is 4. The predicted molar refractivity (Wildman–Crippen MR) is 97.6 cm³/mol. The fraction of sp³-hybridized carbons (Fsp3) is 0.222. The van der Waals surface area contributed by atoms with Gasteiger partial charge in [0.2, 0.25) is 15.9 Å². The van der Waals surface area contributed by atoms with Gasteiger partial charge in [0.25, 0.3) is 0 Å². The number of carbonyl (C=O) groups is 1. The van der Waals surface area contributed by atoms with Crippen LogP contribution in [0.2, 0.25) is 0 Å². The van der Waals surface area contributed by atoms with Crippen molar-refractivity contribution in [1.29, 1.82) is 5.26 Å². The minimum absolute atomic E-state index is 0.0690. The molecule has 2 aromatic rings. The minimum atomic E-state index is -3.82. The lowest BCUT2D eigenvalue weighted by molar-refractivity contribution is -0.116. The second kappa shape index (κ2) is 7.97. The summed E-state index contributed by atoms with van der Waals surface area (Å²) in [4.78, 5) is 12.5. The quantitative estimate of drug-likeness (QED) is 0.840. The molecule has 0 aromatic heterocycles. The Labute approximate surface area is 151 Å². The molecule has 1 atom stereocenters. The molecule has 0 saturated carbocycles. The number of nitrogens with one attached hydrogen (secondary N) is 1. The van der Waals surface area contributed by atoms with Crippen molar-refractivity contribution in [1.82, 2.24) is 0 Å². The highest BCUT2D eigenvalue weighted by Crippen LogP contribution is 2.22. The maximum atomic E-state index is 13.5. The molecule has 0 aliphatic carbocycles. The van der Waals surface area contributed by atoms with Crippen molar-refractivity contribution in [3.63, 3.8) is 0 Å². The Kier molecular flexibility index (Phi) is 5.95. The van der Waals surface area contributed by atoms with Gasteiger partial charge in [-0.25, -0.2) is 12.8 Å². The molecule has 0 bridgehead atoms. The Balaban J connectivity index is 2.24. The third kappa shape index (κ3) is 4.80. The number of anilines is 2. The normalized spacial score (nSPS) is 12.1. The molecule has 0 radical (unpaired) electrons. The number of sulfonamides is 1. The van der Waals surface area contributed by atoms with E-state index in [1.807, 2.05) is 6.07 Å². The third-order valence-corrected chi connectivity index (χ3v) is 4.90. The fourth-order valence-electron chi connectivity index (χ4n) is 2.47. The number of amides is 1. The molecule has 0 aliphatic heterocycles. The molecule has 1 amide bonds. The van der Waals surface area contributed by atoms with Gasteiger partial charge in [0.1, 0.15) is 11.9 Å². The molecular formula is C18H18FN3O3S. The van der Waals surface area contributed by atoms with E-state index in [2.05, 4.69) is 5.32 Å². The number of rotatable bonds is 6. The van der Waals surface area contributed by atoms with Crippen LogP contribution < -0.4 is 9.62 Å². The molecule has 0 heterocycles. The number of benzene rings is 2. The van der Waals surface area contributed by atoms with Gasteiger partial charge >= 0.3 is 0 Å². The lowest BCUT2D eigenvalue weighted by atomic mass is 10.1. The van der Waals surface area contributed by atoms with Crippen LogP contribution >= 0.6 is 0 Å². The fourth-order valence-corrected chi connectivity index (χ4v) is 3.63. The highest BCUT2D eigenvalue weighted by molar-refractivity contribution is 7.92. The first-order valence-corrected chi connectivity index (χ1v) is 9.59. The van der Waals surface area contributed by atoms with Crippen LogP contribution in [0.1, 0.15) is 12.5 Å². The van der Waals surface area contributed by atoms with Crippen LogP contribution in [0.15, 0.2) is 48.5 Å². The monoisotopic (exact) mass is 375 g/mol. The number of halogens is 1. The SMILES string of the molecule is CC(C(=O)Nc1ccc(CC#N)cc1)N(c1cccc(F)c1)S(C)(=O)=O. The molecule has 0 saturated heterocycles. The summed E-state index contributed by atoms with van der Waals surface area (Å²) in [5.41, 5.74) is 1.34. The molecule has 136 valence electrons. The highest BCUT2D eigenvalue weighted by Gasteiger charge is 2.29. The minimum Gasteiger partial charge on any atom is -0.324 e. The van der Waals surface area contributed by atoms with E-state index in [0.29, 0.717) is 5.69 Å². The molecule has 8 heteroatoms. The zero-order chi connectivity index (χ0) is 19.3. The Bertz CT molecular complexity index is 937. The average Bonchev–Trinajstić information content (AvgIpc) is 2.55. The van der Waals surface area contributed by atoms with Crippen LogP contribution in [0.4, 0.5) is 15.8 Å². The van der Waals surface area contributed by atoms with E-state index < -0.39 is 27.8 Å². The van der Waals surface area contributed by atoms with Gasteiger partial charge in [-0.2, -0.15) is 5.26 Å². The van der Waals surface area contributed by atoms with Crippen LogP contribution in [0.5, 0.6) is 0 Å². The smallest absolute Gasteiger partial charge is 0.247 e. The van der Waals surface area contributed by atoms with Crippen LogP contribution in [0, 0.1) is 17.1 Å². The molecule has 2 aromatic carbocycles. The van der Waals surface area contributed by atoms with Crippen molar-refractivity contribution in [2.24, 2.45) is 0 Å². The van der Waals surface area contributed by atoms with Gasteiger partial charge in [0.15, 0.2) is 0 Å². The second-order valence-electron chi connectivity index (χ2n) is 5.74. The molecule has 26 heavy (non-hydrogen) atoms. The number of nitrogens with zero attached hydrogens (tertiary/aromatic N) is 2. The first-order chi connectivity index (χ1) is 12.2. The second-order valence-corrected chi connectivity index (χ2v) is 7.60. The van der Waals surface area contributed by atoms with E-state index in [-0.39, 0.29) is 12.1 Å². The van der Waals surface area contributed by atoms with E-state index in [1.54, 1.807) is 24.3 Å². The highest BCUT2D eigenvalue weighted by atomic mass is 32.2. The largest absolute Gasteiger partial charge is 0.324 e. The zero-order valence-corrected chi connectivity index (χ0v) is 15.1. The summed E-state index contributed by atoms with van der Waals surface area (Å²) in [7, 11) is -3.82. The zero-order valence-electron chi connectivity index (χ0n) is 14.3. The Morgan fingerprint density at radius 1 is 1.27 bits per heavy atom. The Morgan fingerprint density at radius 3 is 2.46 bits per heavy atom. The van der Waals surface area contributed by atoms with Crippen molar-refractivity contribution in [3.8, 4) is 6.07 Å². The summed E-state index contributed by atoms with van der Waals surface area (Å²) < 4.78 is 38.7. The standard InChI is InChI=1S/C18H18FN3O3S/c1-13(18(23)21-16-8-6-14(7-9-16)10-11-20)22(26(2,24)25)17-5-3-4-15(19)12-17/h3-9,12-13H,10H2,1-2H3,(H,21,23). The summed E-state index contributed by atoms with van der Waals surface area (Å²) in [6.45, 7) is 1.42. The molecule has 0 aliphatic rings. The predicted octanol–water partition coefficient (Wildman–Crippen LogP) is 2.68. The van der Waals surface area contributed by atoms with Crippen molar-refractivity contribution >= 4 is 27.3 Å². The summed E-state index contributed by atoms with van der Waals surface area (Å²) in [6.07, 6.45) is 1.21. The van der Waals surface area contributed by atoms with Crippen molar-refractivity contribution in [2.75, 3.05) is 15.9 Å². The molecule has 0 fully saturated rings. The first-order valence-electron chi connectivity index (χ1n) is 7.74. The van der Waals surface area contributed by atoms with Gasteiger partial charge < -0.3 is 5.32 Å². The summed E-state index contributed by atoms with van der Waals surface area (Å²) in [5, 5.41) is 11.3. The topological polar surface area (TPSA) is 90.3 Å². The van der Waals surface area contributed by atoms with Crippen molar-refractivity contribution in [2.45, 2.75) is 19.4 Å². The van der Waals surface area contributed by atoms with Crippen molar-refractivity contribution in [3.05, 3.63) is 59.9 Å². The van der Waals surface area contributed by atoms with Crippen molar-refractivity contribution < 1.29 is 17.6 Å². The number of hydrogen-bond donors (Lipinski definition) is 1. The summed E-state index contributed by atoms with van der Waals surface area (Å²) >= 11 is 0. The molecule has 0 spiro atoms. The summed E-state index contributed by atoms with van der Waals surface area (Å²) in [5.74, 6) is -1.16. The van der Waals surface area contributed by atoms with Gasteiger partial charge in [-0.15, -0.1) is 0 Å². The third-order valence-electron chi connectivity index (χ3n) is 3.66. The van der Waals surface area contributed by atoms with Gasteiger partial charge in [-0.3, -0.25) is 9.10 Å². The van der Waals surface area contributed by atoms with Gasteiger partial charge in [-0.05, 0) is 42.8 Å². The van der Waals surface area contributed by atoms with E-state index in [9.17, 15) is 17.6 Å². The Hall–Kier alpha value is -2.92. The molecule has 1 unspecified atom stereocenters. The van der Waals surface area contributed by atoms with E-state index in [4.69, 9.17) is 5.26 Å². The maximum absolute atomic E-state index is 13.5. The molecule has 6 nitrogen and oxygen atoms in total. The van der Waals surface area contributed by atoms with Crippen LogP contribution in [0.25, 0.3) is 0 Å². The van der Waals surface area contributed by atoms with Gasteiger partial charge in [0.05, 0.1) is 24.4 Å². The molecule has 2 rings (SSSR count). The van der Waals surface area contributed by atoms with Gasteiger partial charge in [-0.1, -0.05) is 18.2 Å². The van der Waals surface area contributed by atoms with Crippen LogP contribution in [-0.2, 0) is 21.2 Å². The van der Waals surface area contributed by atoms with Crippen LogP contribution in [0.3, 0.4) is 0 Å². The lowest BCUT2D eigenvalue weighted by Gasteiger charge is -2.28. The number of nitriles is 1. The lowest BCUT2D eigenvalue weighted by Crippen LogP contribution is -2.45. The van der Waals surface area contributed by atoms with E-state index in [1.165, 1.54) is 25.1 Å². The molecule has 1 N–H and O–H groups in total. The van der Waals surface area contributed by atoms with E-state index >= 15 is 0 Å². The van der Waals surface area contributed by atoms with Gasteiger partial charge in [0, 0.05) is 5.69 Å². The average molecular weight is 375 g/mol. The number of carbonyl (C=O) groups excluding carboxylic acids is 1. The Morgan fingerprint density at radius 2 is 1.92 bits per heavy atom. The first kappa shape index (κ1) is 19.4. The summed E-state index contributed by atoms with van der Waals surface area (Å²) in [6, 6.07) is 12.6. The van der Waals surface area contributed by atoms with E-state index in [0.717, 1.165) is 22.2 Å². The van der Waals surface area contributed by atoms with Crippen LogP contribution in [-0.4, -0.2) is 26.6 Å². The maximum Gasteiger partial charge on any atom is 0.247 e. The molecular weight excluding hydrogens is 357 g/mol.